The molecular weight excluding hydrogens is 696 g/mol. The lowest BCUT2D eigenvalue weighted by Crippen LogP contribution is -2.59. The van der Waals surface area contributed by atoms with Crippen LogP contribution in [-0.2, 0) is 33.4 Å². The molecular formula is C36H49BrN4O8. The fraction of sp³-hybridized carbons (Fsp3) is 0.611. The number of nitrogens with zero attached hydrogens (tertiary/aromatic N) is 3. The molecule has 1 unspecified atom stereocenters. The first kappa shape index (κ1) is 37.2. The molecule has 1 aromatic rings. The second kappa shape index (κ2) is 16.7. The second-order valence-corrected chi connectivity index (χ2v) is 14.3. The fourth-order valence-electron chi connectivity index (χ4n) is 7.80. The third-order valence-corrected chi connectivity index (χ3v) is 11.1. The summed E-state index contributed by atoms with van der Waals surface area (Å²) in [6.45, 7) is 13.1. The SMILES string of the molecule is C=CCCC(=O)OC[C@H](NC(=O)[C@H]1[C@@H]2O[C@@]3(CC2Br)[C@@H]1C(=O)N([C@@H](CC)CO)[C@@H]3C(=O)N(CC=C)CCN1CCOCC1)c1ccccc1. The van der Waals surface area contributed by atoms with Gasteiger partial charge in [-0.1, -0.05) is 65.3 Å². The van der Waals surface area contributed by atoms with Crippen molar-refractivity contribution in [1.29, 1.82) is 0 Å². The molecule has 0 radical (unpaired) electrons. The zero-order valence-corrected chi connectivity index (χ0v) is 29.8. The monoisotopic (exact) mass is 744 g/mol. The summed E-state index contributed by atoms with van der Waals surface area (Å²) in [4.78, 5) is 61.2. The highest BCUT2D eigenvalue weighted by molar-refractivity contribution is 9.09. The van der Waals surface area contributed by atoms with Crippen LogP contribution >= 0.6 is 15.9 Å². The van der Waals surface area contributed by atoms with Crippen LogP contribution in [0.3, 0.4) is 0 Å². The van der Waals surface area contributed by atoms with Gasteiger partial charge in [0.25, 0.3) is 0 Å². The summed E-state index contributed by atoms with van der Waals surface area (Å²) in [7, 11) is 0. The first-order valence-corrected chi connectivity index (χ1v) is 18.2. The number of morpholine rings is 1. The molecule has 5 rings (SSSR count). The van der Waals surface area contributed by atoms with E-state index in [1.54, 1.807) is 17.1 Å². The normalized spacial score (nSPS) is 28.8. The molecule has 0 aliphatic carbocycles. The predicted octanol–water partition coefficient (Wildman–Crippen LogP) is 2.22. The molecule has 0 aromatic heterocycles. The summed E-state index contributed by atoms with van der Waals surface area (Å²) in [5.41, 5.74) is -0.546. The Labute approximate surface area is 296 Å². The molecule has 2 bridgehead atoms. The summed E-state index contributed by atoms with van der Waals surface area (Å²) in [5.74, 6) is -3.37. The van der Waals surface area contributed by atoms with Crippen LogP contribution in [0.1, 0.15) is 44.2 Å². The molecule has 8 atom stereocenters. The number of benzene rings is 1. The largest absolute Gasteiger partial charge is 0.463 e. The first-order chi connectivity index (χ1) is 23.7. The zero-order chi connectivity index (χ0) is 35.1. The smallest absolute Gasteiger partial charge is 0.306 e. The number of fused-ring (bicyclic) bond motifs is 1. The number of esters is 1. The van der Waals surface area contributed by atoms with Crippen molar-refractivity contribution in [2.45, 2.75) is 67.3 Å². The molecule has 12 nitrogen and oxygen atoms in total. The molecule has 268 valence electrons. The van der Waals surface area contributed by atoms with Crippen LogP contribution in [-0.4, -0.2) is 131 Å². The summed E-state index contributed by atoms with van der Waals surface area (Å²) >= 11 is 3.74. The number of likely N-dealkylation sites (tertiary alicyclic amines) is 1. The van der Waals surface area contributed by atoms with Crippen molar-refractivity contribution in [3.05, 3.63) is 61.2 Å². The van der Waals surface area contributed by atoms with E-state index >= 15 is 0 Å². The number of nitrogens with one attached hydrogen (secondary N) is 1. The molecule has 4 fully saturated rings. The summed E-state index contributed by atoms with van der Waals surface area (Å²) in [6, 6.07) is 6.84. The first-order valence-electron chi connectivity index (χ1n) is 17.3. The Morgan fingerprint density at radius 2 is 1.94 bits per heavy atom. The van der Waals surface area contributed by atoms with Crippen molar-refractivity contribution in [2.75, 3.05) is 59.2 Å². The Kier molecular flexibility index (Phi) is 12.7. The Morgan fingerprint density at radius 3 is 2.59 bits per heavy atom. The highest BCUT2D eigenvalue weighted by atomic mass is 79.9. The van der Waals surface area contributed by atoms with E-state index in [1.807, 2.05) is 37.3 Å². The van der Waals surface area contributed by atoms with E-state index in [2.05, 4.69) is 39.3 Å². The van der Waals surface area contributed by atoms with Crippen LogP contribution in [0, 0.1) is 11.8 Å². The number of rotatable bonds is 17. The number of amides is 3. The number of carbonyl (C=O) groups is 4. The van der Waals surface area contributed by atoms with Crippen molar-refractivity contribution in [3.63, 3.8) is 0 Å². The van der Waals surface area contributed by atoms with Gasteiger partial charge in [0, 0.05) is 44.0 Å². The van der Waals surface area contributed by atoms with E-state index < -0.39 is 53.5 Å². The van der Waals surface area contributed by atoms with Crippen LogP contribution in [0.4, 0.5) is 0 Å². The van der Waals surface area contributed by atoms with E-state index in [-0.39, 0.29) is 42.8 Å². The van der Waals surface area contributed by atoms with E-state index in [1.165, 1.54) is 4.90 Å². The maximum atomic E-state index is 14.7. The van der Waals surface area contributed by atoms with Crippen molar-refractivity contribution < 1.29 is 38.5 Å². The van der Waals surface area contributed by atoms with Gasteiger partial charge in [0.1, 0.15) is 18.2 Å². The zero-order valence-electron chi connectivity index (χ0n) is 28.2. The van der Waals surface area contributed by atoms with Crippen LogP contribution in [0.25, 0.3) is 0 Å². The summed E-state index contributed by atoms with van der Waals surface area (Å²) in [5, 5.41) is 13.5. The van der Waals surface area contributed by atoms with Gasteiger partial charge >= 0.3 is 5.97 Å². The van der Waals surface area contributed by atoms with Gasteiger partial charge in [0.05, 0.1) is 49.8 Å². The number of halogens is 1. The number of hydrogen-bond donors (Lipinski definition) is 2. The quantitative estimate of drug-likeness (QED) is 0.140. The number of alkyl halides is 1. The lowest BCUT2D eigenvalue weighted by atomic mass is 9.70. The average Bonchev–Trinajstić information content (AvgIpc) is 3.72. The summed E-state index contributed by atoms with van der Waals surface area (Å²) < 4.78 is 17.7. The molecule has 4 aliphatic heterocycles. The third kappa shape index (κ3) is 7.65. The Morgan fingerprint density at radius 1 is 1.20 bits per heavy atom. The van der Waals surface area contributed by atoms with E-state index in [0.717, 1.165) is 18.7 Å². The van der Waals surface area contributed by atoms with Crippen LogP contribution in [0.15, 0.2) is 55.6 Å². The van der Waals surface area contributed by atoms with Gasteiger partial charge < -0.3 is 34.4 Å². The van der Waals surface area contributed by atoms with Gasteiger partial charge in [-0.3, -0.25) is 24.1 Å². The molecule has 4 aliphatic rings. The maximum absolute atomic E-state index is 14.7. The molecule has 0 saturated carbocycles. The topological polar surface area (TPSA) is 138 Å². The number of aliphatic hydroxyl groups is 1. The van der Waals surface area contributed by atoms with Gasteiger partial charge in [-0.15, -0.1) is 13.2 Å². The molecule has 1 aromatic carbocycles. The molecule has 2 N–H and O–H groups in total. The number of hydrogen-bond acceptors (Lipinski definition) is 9. The highest BCUT2D eigenvalue weighted by Gasteiger charge is 2.77. The van der Waals surface area contributed by atoms with E-state index in [4.69, 9.17) is 14.2 Å². The van der Waals surface area contributed by atoms with Crippen molar-refractivity contribution in [1.82, 2.24) is 20.0 Å². The number of aliphatic hydroxyl groups excluding tert-OH is 1. The molecule has 1 spiro atoms. The van der Waals surface area contributed by atoms with Gasteiger partial charge in [-0.05, 0) is 24.8 Å². The molecule has 3 amide bonds. The van der Waals surface area contributed by atoms with Crippen LogP contribution in [0.2, 0.25) is 0 Å². The van der Waals surface area contributed by atoms with Crippen molar-refractivity contribution >= 4 is 39.6 Å². The van der Waals surface area contributed by atoms with E-state index in [9.17, 15) is 24.3 Å². The minimum atomic E-state index is -1.28. The van der Waals surface area contributed by atoms with E-state index in [0.29, 0.717) is 45.6 Å². The standard InChI is InChI=1S/C36H49BrN4O8/c1-4-7-13-28(43)48-23-27(24-11-9-8-10-12-24)38-33(44)29-30-34(45)41(25(6-3)22-42)32(36(30)21-26(37)31(29)49-36)35(46)40(14-5-2)16-15-39-17-19-47-20-18-39/h4-5,8-12,25-27,29-32,42H,1-2,6-7,13-23H2,3H3,(H,38,44)/t25-,26?,27-,29+,30-,31+,32+,36-/m0/s1. The second-order valence-electron chi connectivity index (χ2n) is 13.2. The third-order valence-electron chi connectivity index (χ3n) is 10.3. The van der Waals surface area contributed by atoms with Gasteiger partial charge in [-0.2, -0.15) is 0 Å². The minimum Gasteiger partial charge on any atom is -0.463 e. The van der Waals surface area contributed by atoms with Gasteiger partial charge in [-0.25, -0.2) is 0 Å². The Hall–Kier alpha value is -3.10. The van der Waals surface area contributed by atoms with Crippen LogP contribution in [0.5, 0.6) is 0 Å². The Balaban J connectivity index is 1.44. The highest BCUT2D eigenvalue weighted by Crippen LogP contribution is 2.60. The average molecular weight is 746 g/mol. The Bertz CT molecular complexity index is 1360. The molecule has 4 heterocycles. The predicted molar refractivity (Wildman–Crippen MR) is 185 cm³/mol. The number of ether oxygens (including phenoxy) is 3. The van der Waals surface area contributed by atoms with Crippen molar-refractivity contribution in [2.24, 2.45) is 11.8 Å². The van der Waals surface area contributed by atoms with Gasteiger partial charge in [0.2, 0.25) is 17.7 Å². The molecule has 4 saturated heterocycles. The molecule has 49 heavy (non-hydrogen) atoms. The minimum absolute atomic E-state index is 0.0964. The lowest BCUT2D eigenvalue weighted by molar-refractivity contribution is -0.151. The molecule has 13 heteroatoms. The van der Waals surface area contributed by atoms with Crippen molar-refractivity contribution in [3.8, 4) is 0 Å². The summed E-state index contributed by atoms with van der Waals surface area (Å²) in [6.07, 6.45) is 4.04. The number of carbonyl (C=O) groups excluding carboxylic acids is 4. The lowest BCUT2D eigenvalue weighted by Gasteiger charge is -2.39. The van der Waals surface area contributed by atoms with Crippen LogP contribution < -0.4 is 5.32 Å². The van der Waals surface area contributed by atoms with Gasteiger partial charge in [0.15, 0.2) is 0 Å². The fourth-order valence-corrected chi connectivity index (χ4v) is 8.75. The maximum Gasteiger partial charge on any atom is 0.306 e. The number of allylic oxidation sites excluding steroid dienone is 1.